The van der Waals surface area contributed by atoms with E-state index in [2.05, 4.69) is 33.9 Å². The number of carboxylic acid groups (broad SMARTS) is 1. The summed E-state index contributed by atoms with van der Waals surface area (Å²) in [6.45, 7) is 2.17. The Morgan fingerprint density at radius 3 is 2.50 bits per heavy atom. The second kappa shape index (κ2) is 5.15. The first kappa shape index (κ1) is 14.1. The molecular formula is C16H20BrNO2. The smallest absolute Gasteiger partial charge is 0.314 e. The van der Waals surface area contributed by atoms with Gasteiger partial charge in [0.25, 0.3) is 0 Å². The van der Waals surface area contributed by atoms with Gasteiger partial charge in [-0.25, -0.2) is 0 Å². The number of likely N-dealkylation sites (N-methyl/N-ethyl adjacent to an activating group) is 1. The van der Waals surface area contributed by atoms with Crippen LogP contribution in [0.25, 0.3) is 0 Å². The molecule has 0 aromatic heterocycles. The molecule has 2 fully saturated rings. The van der Waals surface area contributed by atoms with Gasteiger partial charge in [0.2, 0.25) is 0 Å². The minimum absolute atomic E-state index is 0.577. The third-order valence-corrected chi connectivity index (χ3v) is 5.61. The van der Waals surface area contributed by atoms with E-state index in [0.717, 1.165) is 48.8 Å². The number of carboxylic acids is 1. The van der Waals surface area contributed by atoms with Crippen LogP contribution in [0.5, 0.6) is 0 Å². The Labute approximate surface area is 128 Å². The van der Waals surface area contributed by atoms with E-state index < -0.39 is 11.4 Å². The minimum atomic E-state index is -0.668. The predicted molar refractivity (Wildman–Crippen MR) is 82.2 cm³/mol. The van der Waals surface area contributed by atoms with Gasteiger partial charge in [-0.2, -0.15) is 0 Å². The number of likely N-dealkylation sites (tertiary alicyclic amines) is 1. The van der Waals surface area contributed by atoms with Crippen molar-refractivity contribution in [3.63, 3.8) is 0 Å². The maximum atomic E-state index is 11.7. The van der Waals surface area contributed by atoms with E-state index in [1.54, 1.807) is 0 Å². The van der Waals surface area contributed by atoms with Gasteiger partial charge in [0, 0.05) is 23.5 Å². The largest absolute Gasteiger partial charge is 0.481 e. The Balaban J connectivity index is 1.91. The van der Waals surface area contributed by atoms with Crippen LogP contribution >= 0.6 is 15.9 Å². The van der Waals surface area contributed by atoms with E-state index >= 15 is 0 Å². The number of halogens is 1. The van der Waals surface area contributed by atoms with Crippen LogP contribution in [-0.4, -0.2) is 36.1 Å². The molecule has 1 saturated heterocycles. The van der Waals surface area contributed by atoms with Crippen LogP contribution in [0.3, 0.4) is 0 Å². The van der Waals surface area contributed by atoms with Crippen LogP contribution in [0.15, 0.2) is 22.7 Å². The van der Waals surface area contributed by atoms with Crippen LogP contribution < -0.4 is 0 Å². The van der Waals surface area contributed by atoms with Gasteiger partial charge in [0.1, 0.15) is 0 Å². The van der Waals surface area contributed by atoms with Gasteiger partial charge in [0.15, 0.2) is 0 Å². The maximum Gasteiger partial charge on any atom is 0.314 e. The molecule has 0 unspecified atom stereocenters. The lowest BCUT2D eigenvalue weighted by atomic mass is 9.78. The molecule has 0 bridgehead atoms. The average molecular weight is 338 g/mol. The Morgan fingerprint density at radius 2 is 2.00 bits per heavy atom. The maximum absolute atomic E-state index is 11.7. The van der Waals surface area contributed by atoms with Crippen LogP contribution in [0.2, 0.25) is 0 Å². The van der Waals surface area contributed by atoms with Crippen molar-refractivity contribution in [2.75, 3.05) is 20.1 Å². The van der Waals surface area contributed by atoms with Crippen molar-refractivity contribution in [2.24, 2.45) is 0 Å². The van der Waals surface area contributed by atoms with Crippen LogP contribution in [0.1, 0.15) is 42.7 Å². The van der Waals surface area contributed by atoms with Gasteiger partial charge in [-0.15, -0.1) is 0 Å². The van der Waals surface area contributed by atoms with Gasteiger partial charge in [0.05, 0.1) is 5.41 Å². The summed E-state index contributed by atoms with van der Waals surface area (Å²) in [5, 5.41) is 9.66. The molecule has 1 aliphatic carbocycles. The fraction of sp³-hybridized carbons (Fsp3) is 0.562. The molecule has 0 amide bonds. The summed E-state index contributed by atoms with van der Waals surface area (Å²) in [7, 11) is 2.12. The van der Waals surface area contributed by atoms with Gasteiger partial charge >= 0.3 is 5.97 Å². The molecule has 0 radical (unpaired) electrons. The normalized spacial score (nSPS) is 22.7. The number of aliphatic carboxylic acids is 1. The average Bonchev–Trinajstić information content (AvgIpc) is 2.86. The highest BCUT2D eigenvalue weighted by atomic mass is 79.9. The first-order chi connectivity index (χ1) is 9.53. The quantitative estimate of drug-likeness (QED) is 0.919. The lowest BCUT2D eigenvalue weighted by Gasteiger charge is -2.37. The summed E-state index contributed by atoms with van der Waals surface area (Å²) in [5.74, 6) is -0.0918. The van der Waals surface area contributed by atoms with Crippen molar-refractivity contribution in [1.82, 2.24) is 4.90 Å². The summed E-state index contributed by atoms with van der Waals surface area (Å²) < 4.78 is 1.07. The summed E-state index contributed by atoms with van der Waals surface area (Å²) in [4.78, 5) is 14.0. The molecule has 108 valence electrons. The fourth-order valence-corrected chi connectivity index (χ4v) is 4.36. The number of nitrogens with zero attached hydrogens (tertiary/aromatic N) is 1. The van der Waals surface area contributed by atoms with Gasteiger partial charge in [-0.3, -0.25) is 4.79 Å². The third kappa shape index (κ3) is 2.19. The molecular weight excluding hydrogens is 318 g/mol. The standard InChI is InChI=1S/C16H20BrNO2/c1-18-9-11(10-18)13-5-4-12(8-14(13)17)16(15(19)20)6-2-3-7-16/h4-5,8,11H,2-3,6-7,9-10H2,1H3,(H,19,20). The minimum Gasteiger partial charge on any atom is -0.481 e. The molecule has 1 aromatic carbocycles. The van der Waals surface area contributed by atoms with Crippen molar-refractivity contribution >= 4 is 21.9 Å². The Kier molecular flexibility index (Phi) is 3.63. The highest BCUT2D eigenvalue weighted by molar-refractivity contribution is 9.10. The van der Waals surface area contributed by atoms with E-state index in [4.69, 9.17) is 0 Å². The second-order valence-electron chi connectivity index (χ2n) is 6.25. The number of carbonyl (C=O) groups is 1. The number of hydrogen-bond acceptors (Lipinski definition) is 2. The van der Waals surface area contributed by atoms with E-state index in [9.17, 15) is 9.90 Å². The third-order valence-electron chi connectivity index (χ3n) is 4.92. The summed E-state index contributed by atoms with van der Waals surface area (Å²) in [6.07, 6.45) is 3.55. The number of rotatable bonds is 3. The molecule has 0 spiro atoms. The van der Waals surface area contributed by atoms with Crippen molar-refractivity contribution in [3.05, 3.63) is 33.8 Å². The zero-order valence-electron chi connectivity index (χ0n) is 11.7. The van der Waals surface area contributed by atoms with Crippen molar-refractivity contribution in [2.45, 2.75) is 37.0 Å². The highest BCUT2D eigenvalue weighted by Gasteiger charge is 2.43. The van der Waals surface area contributed by atoms with Crippen molar-refractivity contribution in [1.29, 1.82) is 0 Å². The van der Waals surface area contributed by atoms with Crippen LogP contribution in [0, 0.1) is 0 Å². The Hall–Kier alpha value is -0.870. The Bertz CT molecular complexity index is 531. The van der Waals surface area contributed by atoms with E-state index in [-0.39, 0.29) is 0 Å². The van der Waals surface area contributed by atoms with Gasteiger partial charge < -0.3 is 10.0 Å². The molecule has 1 N–H and O–H groups in total. The van der Waals surface area contributed by atoms with Crippen molar-refractivity contribution < 1.29 is 9.90 Å². The SMILES string of the molecule is CN1CC(c2ccc(C3(C(=O)O)CCCC3)cc2Br)C1. The first-order valence-electron chi connectivity index (χ1n) is 7.25. The molecule has 3 rings (SSSR count). The zero-order chi connectivity index (χ0) is 14.3. The second-order valence-corrected chi connectivity index (χ2v) is 7.10. The molecule has 1 saturated carbocycles. The molecule has 2 aliphatic rings. The van der Waals surface area contributed by atoms with E-state index in [0.29, 0.717) is 5.92 Å². The molecule has 0 atom stereocenters. The van der Waals surface area contributed by atoms with Crippen molar-refractivity contribution in [3.8, 4) is 0 Å². The lowest BCUT2D eigenvalue weighted by molar-refractivity contribution is -0.143. The molecule has 1 aromatic rings. The Morgan fingerprint density at radius 1 is 1.35 bits per heavy atom. The lowest BCUT2D eigenvalue weighted by Crippen LogP contribution is -2.42. The monoisotopic (exact) mass is 337 g/mol. The first-order valence-corrected chi connectivity index (χ1v) is 8.04. The summed E-state index contributed by atoms with van der Waals surface area (Å²) >= 11 is 3.65. The van der Waals surface area contributed by atoms with E-state index in [1.807, 2.05) is 12.1 Å². The molecule has 1 heterocycles. The molecule has 3 nitrogen and oxygen atoms in total. The topological polar surface area (TPSA) is 40.5 Å². The van der Waals surface area contributed by atoms with Crippen LogP contribution in [0.4, 0.5) is 0 Å². The van der Waals surface area contributed by atoms with Crippen LogP contribution in [-0.2, 0) is 10.2 Å². The predicted octanol–water partition coefficient (Wildman–Crippen LogP) is 3.37. The van der Waals surface area contributed by atoms with Gasteiger partial charge in [-0.1, -0.05) is 40.9 Å². The zero-order valence-corrected chi connectivity index (χ0v) is 13.3. The summed E-state index contributed by atoms with van der Waals surface area (Å²) in [6, 6.07) is 6.21. The number of benzene rings is 1. The fourth-order valence-electron chi connectivity index (χ4n) is 3.66. The molecule has 20 heavy (non-hydrogen) atoms. The highest BCUT2D eigenvalue weighted by Crippen LogP contribution is 2.43. The molecule has 4 heteroatoms. The summed E-state index contributed by atoms with van der Waals surface area (Å²) in [5.41, 5.74) is 1.62. The number of hydrogen-bond donors (Lipinski definition) is 1. The van der Waals surface area contributed by atoms with E-state index in [1.165, 1.54) is 5.56 Å². The molecule has 1 aliphatic heterocycles. The van der Waals surface area contributed by atoms with Gasteiger partial charge in [-0.05, 0) is 37.1 Å².